The largest absolute Gasteiger partial charge is 0.378 e. The van der Waals surface area contributed by atoms with E-state index in [1.165, 1.54) is 0 Å². The molecule has 1 heterocycles. The average molecular weight is 366 g/mol. The van der Waals surface area contributed by atoms with Crippen LogP contribution in [0.2, 0.25) is 0 Å². The van der Waals surface area contributed by atoms with Crippen LogP contribution >= 0.6 is 30.1 Å². The number of rotatable bonds is 9. The van der Waals surface area contributed by atoms with Gasteiger partial charge in [-0.3, -0.25) is 0 Å². The van der Waals surface area contributed by atoms with Crippen molar-refractivity contribution < 1.29 is 13.8 Å². The van der Waals surface area contributed by atoms with Gasteiger partial charge in [0, 0.05) is 30.7 Å². The normalized spacial score (nSPS) is 24.0. The zero-order chi connectivity index (χ0) is 16.5. The third-order valence-corrected chi connectivity index (χ3v) is 7.71. The molecular weight excluding hydrogens is 339 g/mol. The van der Waals surface area contributed by atoms with E-state index in [1.807, 2.05) is 21.6 Å². The van der Waals surface area contributed by atoms with E-state index < -0.39 is 8.53 Å². The molecule has 0 radical (unpaired) electrons. The Balaban J connectivity index is 2.77. The van der Waals surface area contributed by atoms with Gasteiger partial charge in [-0.05, 0) is 27.7 Å². The SMILES string of the molecule is [C-]#[N+]CCOP(OC1CSSCC1OC)N(C(C)C)C(C)C. The van der Waals surface area contributed by atoms with Crippen LogP contribution in [0.3, 0.4) is 0 Å². The fourth-order valence-corrected chi connectivity index (χ4v) is 6.48. The summed E-state index contributed by atoms with van der Waals surface area (Å²) in [6, 6.07) is 0.649. The standard InChI is InChI=1S/C14H27N2O3PS2/c1-11(2)16(12(3)4)20(18-8-7-15-5)19-14-10-22-21-9-13(14)17-6/h11-14H,7-10H2,1-4,6H3. The Morgan fingerprint density at radius 3 is 2.27 bits per heavy atom. The van der Waals surface area contributed by atoms with Crippen molar-refractivity contribution in [2.75, 3.05) is 31.8 Å². The predicted molar refractivity (Wildman–Crippen MR) is 97.0 cm³/mol. The highest BCUT2D eigenvalue weighted by Gasteiger charge is 2.35. The molecule has 1 fully saturated rings. The van der Waals surface area contributed by atoms with Gasteiger partial charge >= 0.3 is 0 Å². The Kier molecular flexibility index (Phi) is 10.3. The number of methoxy groups -OCH3 is 1. The second-order valence-corrected chi connectivity index (χ2v) is 9.47. The molecule has 5 nitrogen and oxygen atoms in total. The van der Waals surface area contributed by atoms with E-state index in [2.05, 4.69) is 37.2 Å². The molecule has 1 aliphatic heterocycles. The topological polar surface area (TPSA) is 35.3 Å². The highest BCUT2D eigenvalue weighted by Crippen LogP contribution is 2.49. The highest BCUT2D eigenvalue weighted by atomic mass is 33.1. The summed E-state index contributed by atoms with van der Waals surface area (Å²) in [5, 5.41) is 0. The van der Waals surface area contributed by atoms with Crippen molar-refractivity contribution in [2.24, 2.45) is 0 Å². The molecule has 8 heteroatoms. The Hall–Kier alpha value is 0.460. The van der Waals surface area contributed by atoms with Gasteiger partial charge < -0.3 is 18.6 Å². The minimum Gasteiger partial charge on any atom is -0.378 e. The van der Waals surface area contributed by atoms with Crippen molar-refractivity contribution in [3.8, 4) is 0 Å². The summed E-state index contributed by atoms with van der Waals surface area (Å²) in [6.07, 6.45) is 0.136. The first-order valence-electron chi connectivity index (χ1n) is 7.49. The van der Waals surface area contributed by atoms with Crippen LogP contribution in [-0.4, -0.2) is 60.7 Å². The van der Waals surface area contributed by atoms with Gasteiger partial charge in [-0.15, -0.1) is 0 Å². The van der Waals surface area contributed by atoms with E-state index in [0.29, 0.717) is 25.2 Å². The molecule has 0 aromatic heterocycles. The molecule has 0 bridgehead atoms. The molecule has 0 N–H and O–H groups in total. The predicted octanol–water partition coefficient (Wildman–Crippen LogP) is 4.06. The number of hydrogen-bond acceptors (Lipinski definition) is 6. The fraction of sp³-hybridized carbons (Fsp3) is 0.929. The van der Waals surface area contributed by atoms with Crippen LogP contribution in [0.1, 0.15) is 27.7 Å². The summed E-state index contributed by atoms with van der Waals surface area (Å²) in [4.78, 5) is 3.36. The maximum absolute atomic E-state index is 6.91. The van der Waals surface area contributed by atoms with Gasteiger partial charge in [-0.1, -0.05) is 21.6 Å². The highest BCUT2D eigenvalue weighted by molar-refractivity contribution is 8.76. The first-order chi connectivity index (χ1) is 10.5. The first kappa shape index (κ1) is 20.5. The molecule has 0 amide bonds. The number of ether oxygens (including phenoxy) is 1. The minimum atomic E-state index is -1.18. The van der Waals surface area contributed by atoms with Gasteiger partial charge in [0.25, 0.3) is 8.53 Å². The maximum Gasteiger partial charge on any atom is 0.259 e. The Morgan fingerprint density at radius 1 is 1.18 bits per heavy atom. The van der Waals surface area contributed by atoms with E-state index in [-0.39, 0.29) is 12.2 Å². The summed E-state index contributed by atoms with van der Waals surface area (Å²) in [7, 11) is 4.20. The van der Waals surface area contributed by atoms with Gasteiger partial charge in [-0.25, -0.2) is 11.2 Å². The van der Waals surface area contributed by atoms with Crippen molar-refractivity contribution in [3.63, 3.8) is 0 Å². The van der Waals surface area contributed by atoms with Crippen LogP contribution < -0.4 is 0 Å². The number of hydrogen-bond donors (Lipinski definition) is 0. The van der Waals surface area contributed by atoms with Crippen molar-refractivity contribution in [3.05, 3.63) is 11.4 Å². The van der Waals surface area contributed by atoms with E-state index in [0.717, 1.165) is 11.5 Å². The molecule has 22 heavy (non-hydrogen) atoms. The lowest BCUT2D eigenvalue weighted by molar-refractivity contribution is 0.0181. The van der Waals surface area contributed by atoms with Crippen LogP contribution in [0.25, 0.3) is 4.85 Å². The quantitative estimate of drug-likeness (QED) is 0.265. The monoisotopic (exact) mass is 366 g/mol. The fourth-order valence-electron chi connectivity index (χ4n) is 2.17. The van der Waals surface area contributed by atoms with Crippen molar-refractivity contribution in [1.82, 2.24) is 4.67 Å². The summed E-state index contributed by atoms with van der Waals surface area (Å²) >= 11 is 0. The average Bonchev–Trinajstić information content (AvgIpc) is 2.47. The molecule has 0 saturated carbocycles. The van der Waals surface area contributed by atoms with Gasteiger partial charge in [0.2, 0.25) is 6.54 Å². The lowest BCUT2D eigenvalue weighted by atomic mass is 10.2. The summed E-state index contributed by atoms with van der Waals surface area (Å²) in [5.74, 6) is 1.83. The molecule has 0 aromatic rings. The lowest BCUT2D eigenvalue weighted by Crippen LogP contribution is -2.40. The molecular formula is C14H27N2O3PS2. The number of nitrogens with zero attached hydrogens (tertiary/aromatic N) is 2. The van der Waals surface area contributed by atoms with Crippen LogP contribution in [0.4, 0.5) is 0 Å². The van der Waals surface area contributed by atoms with Crippen molar-refractivity contribution >= 4 is 30.1 Å². The molecule has 0 aliphatic carbocycles. The Morgan fingerprint density at radius 2 is 1.77 bits per heavy atom. The van der Waals surface area contributed by atoms with E-state index >= 15 is 0 Å². The summed E-state index contributed by atoms with van der Waals surface area (Å²) in [6.45, 7) is 16.3. The zero-order valence-corrected chi connectivity index (χ0v) is 16.5. The molecule has 0 aromatic carbocycles. The first-order valence-corrected chi connectivity index (χ1v) is 11.1. The molecule has 1 saturated heterocycles. The summed E-state index contributed by atoms with van der Waals surface area (Å²) in [5.41, 5.74) is 0. The van der Waals surface area contributed by atoms with Crippen molar-refractivity contribution in [2.45, 2.75) is 52.0 Å². The molecule has 128 valence electrons. The van der Waals surface area contributed by atoms with Gasteiger partial charge in [0.15, 0.2) is 0 Å². The Bertz CT molecular complexity index is 347. The third kappa shape index (κ3) is 6.52. The van der Waals surface area contributed by atoms with Crippen LogP contribution in [-0.2, 0) is 13.8 Å². The van der Waals surface area contributed by atoms with Crippen molar-refractivity contribution in [1.29, 1.82) is 0 Å². The molecule has 3 atom stereocenters. The van der Waals surface area contributed by atoms with Gasteiger partial charge in [0.1, 0.15) is 12.7 Å². The molecule has 1 rings (SSSR count). The van der Waals surface area contributed by atoms with Crippen LogP contribution in [0, 0.1) is 6.57 Å². The second-order valence-electron chi connectivity index (χ2n) is 5.51. The van der Waals surface area contributed by atoms with Crippen LogP contribution in [0.5, 0.6) is 0 Å². The van der Waals surface area contributed by atoms with Gasteiger partial charge in [-0.2, -0.15) is 0 Å². The maximum atomic E-state index is 6.91. The summed E-state index contributed by atoms with van der Waals surface area (Å²) < 4.78 is 20.1. The second kappa shape index (κ2) is 11.1. The minimum absolute atomic E-state index is 0.0373. The van der Waals surface area contributed by atoms with E-state index in [1.54, 1.807) is 7.11 Å². The smallest absolute Gasteiger partial charge is 0.259 e. The molecule has 3 unspecified atom stereocenters. The van der Waals surface area contributed by atoms with E-state index in [9.17, 15) is 0 Å². The van der Waals surface area contributed by atoms with Gasteiger partial charge in [0.05, 0.1) is 6.10 Å². The third-order valence-electron chi connectivity index (χ3n) is 3.14. The van der Waals surface area contributed by atoms with Crippen LogP contribution in [0.15, 0.2) is 0 Å². The molecule has 0 spiro atoms. The zero-order valence-electron chi connectivity index (χ0n) is 14.0. The molecule has 1 aliphatic rings. The lowest BCUT2D eigenvalue weighted by Gasteiger charge is -2.39. The van der Waals surface area contributed by atoms with E-state index in [4.69, 9.17) is 20.4 Å². The Labute approximate surface area is 144 Å².